The summed E-state index contributed by atoms with van der Waals surface area (Å²) in [6.45, 7) is 0. The lowest BCUT2D eigenvalue weighted by Crippen LogP contribution is -2.24. The van der Waals surface area contributed by atoms with Crippen LogP contribution >= 0.6 is 0 Å². The average molecular weight is 577 g/mol. The van der Waals surface area contributed by atoms with E-state index < -0.39 is 22.2 Å². The van der Waals surface area contributed by atoms with Gasteiger partial charge >= 0.3 is 0 Å². The van der Waals surface area contributed by atoms with E-state index in [0.29, 0.717) is 22.3 Å². The standard InChI is InChI=1S/C36H20N2O6/c39-31(21-7-3-1-4-8-21)23-11-15-25(16-12-23)37-33(41)27-19-29-30(20-28(27)34(37)42)36(44)38(35(29)43)26-17-13-24(14-18-26)32(40)22-9-5-2-6-10-22/h1-20H. The highest BCUT2D eigenvalue weighted by Crippen LogP contribution is 2.19. The van der Waals surface area contributed by atoms with E-state index in [1.807, 2.05) is 12.1 Å². The van der Waals surface area contributed by atoms with Crippen LogP contribution in [0.5, 0.6) is 0 Å². The Morgan fingerprint density at radius 1 is 0.364 bits per heavy atom. The van der Waals surface area contributed by atoms with Crippen LogP contribution in [-0.2, 0) is 0 Å². The highest BCUT2D eigenvalue weighted by atomic mass is 16.2. The number of ketones is 2. The molecule has 7 rings (SSSR count). The first-order chi connectivity index (χ1) is 21.3. The van der Waals surface area contributed by atoms with Gasteiger partial charge in [0.25, 0.3) is 22.2 Å². The number of rotatable bonds is 6. The molecule has 2 aromatic heterocycles. The largest absolute Gasteiger partial charge is 0.289 e. The molecule has 0 saturated heterocycles. The van der Waals surface area contributed by atoms with Gasteiger partial charge in [-0.15, -0.1) is 0 Å². The molecule has 0 saturated carbocycles. The Bertz CT molecular complexity index is 2210. The van der Waals surface area contributed by atoms with Gasteiger partial charge in [0.2, 0.25) is 0 Å². The zero-order valence-corrected chi connectivity index (χ0v) is 22.9. The molecule has 8 heteroatoms. The van der Waals surface area contributed by atoms with Crippen molar-refractivity contribution in [3.8, 4) is 11.4 Å². The second-order valence-electron chi connectivity index (χ2n) is 10.3. The van der Waals surface area contributed by atoms with Gasteiger partial charge in [0.05, 0.1) is 32.9 Å². The van der Waals surface area contributed by atoms with Crippen LogP contribution < -0.4 is 22.2 Å². The smallest absolute Gasteiger partial charge is 0.266 e. The topological polar surface area (TPSA) is 112 Å². The van der Waals surface area contributed by atoms with Crippen LogP contribution in [0.4, 0.5) is 0 Å². The van der Waals surface area contributed by atoms with Crippen molar-refractivity contribution in [1.82, 2.24) is 9.13 Å². The SMILES string of the molecule is O=C(c1ccccc1)c1ccc(-n2c(=O)c3cc4c(=O)n(-c5ccc(C(=O)c6ccccc6)cc5)c(=O)c4cc3c2=O)cc1. The van der Waals surface area contributed by atoms with Crippen LogP contribution in [0.1, 0.15) is 31.8 Å². The molecule has 0 aliphatic rings. The minimum atomic E-state index is -0.641. The van der Waals surface area contributed by atoms with Crippen molar-refractivity contribution in [3.63, 3.8) is 0 Å². The number of nitrogens with zero attached hydrogens (tertiary/aromatic N) is 2. The third-order valence-corrected chi connectivity index (χ3v) is 7.74. The fourth-order valence-corrected chi connectivity index (χ4v) is 5.48. The van der Waals surface area contributed by atoms with Crippen LogP contribution in [0.25, 0.3) is 32.9 Å². The Kier molecular flexibility index (Phi) is 6.18. The lowest BCUT2D eigenvalue weighted by Gasteiger charge is -2.04. The quantitative estimate of drug-likeness (QED) is 0.272. The maximum absolute atomic E-state index is 13.4. The molecule has 0 aliphatic heterocycles. The average Bonchev–Trinajstić information content (AvgIpc) is 3.47. The van der Waals surface area contributed by atoms with Crippen LogP contribution in [0, 0.1) is 0 Å². The summed E-state index contributed by atoms with van der Waals surface area (Å²) in [5.41, 5.74) is -0.250. The van der Waals surface area contributed by atoms with Crippen molar-refractivity contribution >= 4 is 33.1 Å². The predicted molar refractivity (Wildman–Crippen MR) is 167 cm³/mol. The molecule has 0 radical (unpaired) electrons. The molecule has 0 bridgehead atoms. The summed E-state index contributed by atoms with van der Waals surface area (Å²) in [6.07, 6.45) is 0. The van der Waals surface area contributed by atoms with E-state index in [-0.39, 0.29) is 44.5 Å². The molecule has 210 valence electrons. The van der Waals surface area contributed by atoms with E-state index in [0.717, 1.165) is 9.13 Å². The second-order valence-corrected chi connectivity index (χ2v) is 10.3. The molecule has 0 fully saturated rings. The third-order valence-electron chi connectivity index (χ3n) is 7.74. The molecule has 0 amide bonds. The lowest BCUT2D eigenvalue weighted by atomic mass is 10.0. The molecule has 8 nitrogen and oxygen atoms in total. The Hall–Kier alpha value is -6.28. The van der Waals surface area contributed by atoms with Crippen LogP contribution in [0.2, 0.25) is 0 Å². The summed E-state index contributed by atoms with van der Waals surface area (Å²) >= 11 is 0. The number of aromatic nitrogens is 2. The van der Waals surface area contributed by atoms with Crippen LogP contribution in [-0.4, -0.2) is 20.7 Å². The first-order valence-electron chi connectivity index (χ1n) is 13.7. The first kappa shape index (κ1) is 26.6. The van der Waals surface area contributed by atoms with Crippen molar-refractivity contribution in [3.05, 3.63) is 185 Å². The van der Waals surface area contributed by atoms with Gasteiger partial charge in [0.15, 0.2) is 11.6 Å². The van der Waals surface area contributed by atoms with Gasteiger partial charge in [0, 0.05) is 22.3 Å². The summed E-state index contributed by atoms with van der Waals surface area (Å²) in [7, 11) is 0. The molecule has 0 unspecified atom stereocenters. The van der Waals surface area contributed by atoms with Crippen LogP contribution in [0.15, 0.2) is 141 Å². The predicted octanol–water partition coefficient (Wildman–Crippen LogP) is 4.35. The van der Waals surface area contributed by atoms with Gasteiger partial charge in [0.1, 0.15) is 0 Å². The molecular weight excluding hydrogens is 556 g/mol. The van der Waals surface area contributed by atoms with E-state index in [4.69, 9.17) is 0 Å². The summed E-state index contributed by atoms with van der Waals surface area (Å²) in [5.74, 6) is -0.398. The molecule has 0 atom stereocenters. The van der Waals surface area contributed by atoms with Crippen molar-refractivity contribution in [2.75, 3.05) is 0 Å². The van der Waals surface area contributed by atoms with Crippen molar-refractivity contribution < 1.29 is 9.59 Å². The maximum atomic E-state index is 13.4. The monoisotopic (exact) mass is 576 g/mol. The highest BCUT2D eigenvalue weighted by molar-refractivity contribution is 6.09. The zero-order chi connectivity index (χ0) is 30.5. The van der Waals surface area contributed by atoms with Crippen molar-refractivity contribution in [1.29, 1.82) is 0 Å². The Labute approximate surface area is 248 Å². The Morgan fingerprint density at radius 2 is 0.636 bits per heavy atom. The van der Waals surface area contributed by atoms with Crippen molar-refractivity contribution in [2.24, 2.45) is 0 Å². The van der Waals surface area contributed by atoms with Crippen LogP contribution in [0.3, 0.4) is 0 Å². The first-order valence-corrected chi connectivity index (χ1v) is 13.7. The fourth-order valence-electron chi connectivity index (χ4n) is 5.48. The summed E-state index contributed by atoms with van der Waals surface area (Å²) in [4.78, 5) is 79.1. The molecule has 0 N–H and O–H groups in total. The molecule has 44 heavy (non-hydrogen) atoms. The Morgan fingerprint density at radius 3 is 0.932 bits per heavy atom. The molecule has 5 aromatic carbocycles. The van der Waals surface area contributed by atoms with Crippen molar-refractivity contribution in [2.45, 2.75) is 0 Å². The van der Waals surface area contributed by atoms with E-state index in [1.165, 1.54) is 60.7 Å². The number of hydrogen-bond acceptors (Lipinski definition) is 6. The third kappa shape index (κ3) is 4.16. The molecule has 0 aliphatic carbocycles. The van der Waals surface area contributed by atoms with Gasteiger partial charge in [-0.05, 0) is 60.7 Å². The van der Waals surface area contributed by atoms with Gasteiger partial charge < -0.3 is 0 Å². The molecule has 2 heterocycles. The lowest BCUT2D eigenvalue weighted by molar-refractivity contribution is 0.103. The number of hydrogen-bond donors (Lipinski definition) is 0. The van der Waals surface area contributed by atoms with Gasteiger partial charge in [-0.2, -0.15) is 0 Å². The maximum Gasteiger partial charge on any atom is 0.266 e. The summed E-state index contributed by atoms with van der Waals surface area (Å²) in [5, 5.41) is 0.0185. The molecular formula is C36H20N2O6. The highest BCUT2D eigenvalue weighted by Gasteiger charge is 2.21. The van der Waals surface area contributed by atoms with E-state index in [1.54, 1.807) is 48.5 Å². The molecule has 7 aromatic rings. The number of carbonyl (C=O) groups is 2. The zero-order valence-electron chi connectivity index (χ0n) is 22.9. The van der Waals surface area contributed by atoms with E-state index >= 15 is 0 Å². The second kappa shape index (κ2) is 10.2. The van der Waals surface area contributed by atoms with Gasteiger partial charge in [-0.3, -0.25) is 28.8 Å². The Balaban J connectivity index is 1.27. The minimum absolute atomic E-state index is 0.00462. The normalized spacial score (nSPS) is 11.3. The number of carbonyl (C=O) groups excluding carboxylic acids is 2. The summed E-state index contributed by atoms with van der Waals surface area (Å²) < 4.78 is 1.93. The van der Waals surface area contributed by atoms with E-state index in [2.05, 4.69) is 0 Å². The van der Waals surface area contributed by atoms with E-state index in [9.17, 15) is 28.8 Å². The fraction of sp³-hybridized carbons (Fsp3) is 0. The minimum Gasteiger partial charge on any atom is -0.289 e. The number of benzene rings is 5. The van der Waals surface area contributed by atoms with Gasteiger partial charge in [-0.25, -0.2) is 9.13 Å². The molecule has 0 spiro atoms. The summed E-state index contributed by atoms with van der Waals surface area (Å²) in [6, 6.07) is 32.2. The number of fused-ring (bicyclic) bond motifs is 2. The van der Waals surface area contributed by atoms with Gasteiger partial charge in [-0.1, -0.05) is 60.7 Å².